The maximum absolute atomic E-state index is 5.93. The van der Waals surface area contributed by atoms with Crippen molar-refractivity contribution in [2.75, 3.05) is 0 Å². The number of para-hydroxylation sites is 1. The Labute approximate surface area is 132 Å². The first-order chi connectivity index (χ1) is 11.3. The molecule has 0 saturated carbocycles. The second kappa shape index (κ2) is 5.53. The number of ether oxygens (including phenoxy) is 1. The number of fused-ring (bicyclic) bond motifs is 1. The van der Waals surface area contributed by atoms with Gasteiger partial charge in [-0.05, 0) is 25.1 Å². The molecule has 5 heteroatoms. The largest absolute Gasteiger partial charge is 0.426 e. The van der Waals surface area contributed by atoms with Gasteiger partial charge < -0.3 is 9.15 Å². The summed E-state index contributed by atoms with van der Waals surface area (Å²) in [4.78, 5) is 12.7. The Morgan fingerprint density at radius 3 is 2.52 bits per heavy atom. The van der Waals surface area contributed by atoms with Crippen LogP contribution in [0.15, 0.2) is 65.6 Å². The molecule has 0 radical (unpaired) electrons. The lowest BCUT2D eigenvalue weighted by Gasteiger charge is -2.05. The van der Waals surface area contributed by atoms with Crippen molar-refractivity contribution in [3.05, 3.63) is 67.0 Å². The number of furan rings is 1. The lowest BCUT2D eigenvalue weighted by Crippen LogP contribution is -1.89. The van der Waals surface area contributed by atoms with E-state index in [0.29, 0.717) is 23.1 Å². The van der Waals surface area contributed by atoms with Crippen molar-refractivity contribution in [3.8, 4) is 22.8 Å². The number of hydrogen-bond donors (Lipinski definition) is 0. The van der Waals surface area contributed by atoms with E-state index in [0.717, 1.165) is 16.5 Å². The Balaban J connectivity index is 1.89. The first-order valence-corrected chi connectivity index (χ1v) is 7.20. The smallest absolute Gasteiger partial charge is 0.299 e. The molecule has 112 valence electrons. The molecular formula is C18H13N3O2. The SMILES string of the molecule is Cc1ncc(-c2c(Oc3ccccc3)oc3ccncc23)cn1. The van der Waals surface area contributed by atoms with E-state index in [-0.39, 0.29) is 0 Å². The minimum Gasteiger partial charge on any atom is -0.426 e. The van der Waals surface area contributed by atoms with Crippen molar-refractivity contribution in [2.45, 2.75) is 6.92 Å². The van der Waals surface area contributed by atoms with Crippen molar-refractivity contribution < 1.29 is 9.15 Å². The fraction of sp³-hybridized carbons (Fsp3) is 0.0556. The maximum Gasteiger partial charge on any atom is 0.299 e. The summed E-state index contributed by atoms with van der Waals surface area (Å²) >= 11 is 0. The molecule has 0 amide bonds. The predicted octanol–water partition coefficient (Wildman–Crippen LogP) is 4.39. The van der Waals surface area contributed by atoms with Crippen LogP contribution in [0.1, 0.15) is 5.82 Å². The molecule has 0 fully saturated rings. The van der Waals surface area contributed by atoms with Gasteiger partial charge >= 0.3 is 0 Å². The Morgan fingerprint density at radius 1 is 0.957 bits per heavy atom. The van der Waals surface area contributed by atoms with E-state index in [2.05, 4.69) is 15.0 Å². The van der Waals surface area contributed by atoms with Crippen LogP contribution >= 0.6 is 0 Å². The second-order valence-corrected chi connectivity index (χ2v) is 5.07. The topological polar surface area (TPSA) is 61.0 Å². The van der Waals surface area contributed by atoms with Gasteiger partial charge in [-0.15, -0.1) is 0 Å². The molecule has 4 rings (SSSR count). The van der Waals surface area contributed by atoms with Gasteiger partial charge in [-0.2, -0.15) is 0 Å². The van der Waals surface area contributed by atoms with Crippen molar-refractivity contribution in [1.82, 2.24) is 15.0 Å². The van der Waals surface area contributed by atoms with Crippen LogP contribution in [0, 0.1) is 6.92 Å². The molecular weight excluding hydrogens is 290 g/mol. The molecule has 0 bridgehead atoms. The molecule has 3 heterocycles. The molecule has 0 spiro atoms. The van der Waals surface area contributed by atoms with Gasteiger partial charge in [-0.25, -0.2) is 9.97 Å². The number of nitrogens with zero attached hydrogens (tertiary/aromatic N) is 3. The molecule has 1 aromatic carbocycles. The predicted molar refractivity (Wildman–Crippen MR) is 86.3 cm³/mol. The van der Waals surface area contributed by atoms with Gasteiger partial charge in [0.15, 0.2) is 0 Å². The summed E-state index contributed by atoms with van der Waals surface area (Å²) in [6.45, 7) is 1.85. The molecule has 5 nitrogen and oxygen atoms in total. The molecule has 0 aliphatic heterocycles. The third-order valence-corrected chi connectivity index (χ3v) is 3.48. The Morgan fingerprint density at radius 2 is 1.74 bits per heavy atom. The summed E-state index contributed by atoms with van der Waals surface area (Å²) in [6.07, 6.45) is 6.97. The normalized spacial score (nSPS) is 10.8. The van der Waals surface area contributed by atoms with E-state index >= 15 is 0 Å². The summed E-state index contributed by atoms with van der Waals surface area (Å²) in [5.74, 6) is 1.82. The van der Waals surface area contributed by atoms with Crippen molar-refractivity contribution in [2.24, 2.45) is 0 Å². The lowest BCUT2D eigenvalue weighted by atomic mass is 10.1. The number of aryl methyl sites for hydroxylation is 1. The highest BCUT2D eigenvalue weighted by Gasteiger charge is 2.19. The van der Waals surface area contributed by atoms with Gasteiger partial charge in [0.2, 0.25) is 0 Å². The van der Waals surface area contributed by atoms with E-state index in [1.165, 1.54) is 0 Å². The minimum absolute atomic E-state index is 0.409. The number of aromatic nitrogens is 3. The highest BCUT2D eigenvalue weighted by molar-refractivity contribution is 5.96. The molecule has 0 unspecified atom stereocenters. The fourth-order valence-electron chi connectivity index (χ4n) is 2.38. The first kappa shape index (κ1) is 13.5. The van der Waals surface area contributed by atoms with E-state index in [9.17, 15) is 0 Å². The first-order valence-electron chi connectivity index (χ1n) is 7.20. The molecule has 0 aliphatic rings. The van der Waals surface area contributed by atoms with Crippen LogP contribution < -0.4 is 4.74 Å². The van der Waals surface area contributed by atoms with Crippen LogP contribution in [0.3, 0.4) is 0 Å². The van der Waals surface area contributed by atoms with Gasteiger partial charge in [0.25, 0.3) is 5.95 Å². The quantitative estimate of drug-likeness (QED) is 0.562. The van der Waals surface area contributed by atoms with Crippen LogP contribution in [0.5, 0.6) is 11.7 Å². The Kier molecular flexibility index (Phi) is 3.24. The van der Waals surface area contributed by atoms with Crippen molar-refractivity contribution in [1.29, 1.82) is 0 Å². The third kappa shape index (κ3) is 2.53. The number of pyridine rings is 1. The lowest BCUT2D eigenvalue weighted by molar-refractivity contribution is 0.362. The van der Waals surface area contributed by atoms with E-state index < -0.39 is 0 Å². The molecule has 0 aliphatic carbocycles. The standard InChI is InChI=1S/C18H13N3O2/c1-12-20-9-13(10-21-12)17-15-11-19-8-7-16(15)23-18(17)22-14-5-3-2-4-6-14/h2-11H,1H3. The second-order valence-electron chi connectivity index (χ2n) is 5.07. The molecule has 0 N–H and O–H groups in total. The van der Waals surface area contributed by atoms with Crippen molar-refractivity contribution in [3.63, 3.8) is 0 Å². The molecule has 4 aromatic rings. The summed E-state index contributed by atoms with van der Waals surface area (Å²) in [5, 5.41) is 0.867. The zero-order valence-corrected chi connectivity index (χ0v) is 12.4. The van der Waals surface area contributed by atoms with E-state index in [4.69, 9.17) is 9.15 Å². The van der Waals surface area contributed by atoms with E-state index in [1.807, 2.05) is 43.3 Å². The third-order valence-electron chi connectivity index (χ3n) is 3.48. The Bertz CT molecular complexity index is 947. The molecule has 3 aromatic heterocycles. The Hall–Kier alpha value is -3.21. The molecule has 0 saturated heterocycles. The maximum atomic E-state index is 5.93. The van der Waals surface area contributed by atoms with Gasteiger partial charge in [-0.1, -0.05) is 18.2 Å². The van der Waals surface area contributed by atoms with Crippen LogP contribution in [0.4, 0.5) is 0 Å². The highest BCUT2D eigenvalue weighted by Crippen LogP contribution is 2.41. The summed E-state index contributed by atoms with van der Waals surface area (Å²) in [6, 6.07) is 11.3. The zero-order chi connectivity index (χ0) is 15.6. The molecule has 23 heavy (non-hydrogen) atoms. The van der Waals surface area contributed by atoms with Crippen molar-refractivity contribution >= 4 is 11.0 Å². The monoisotopic (exact) mass is 303 g/mol. The van der Waals surface area contributed by atoms with Crippen LogP contribution in [-0.2, 0) is 0 Å². The van der Waals surface area contributed by atoms with Gasteiger partial charge in [0.1, 0.15) is 17.2 Å². The number of benzene rings is 1. The summed E-state index contributed by atoms with van der Waals surface area (Å²) < 4.78 is 11.8. The fourth-order valence-corrected chi connectivity index (χ4v) is 2.38. The number of hydrogen-bond acceptors (Lipinski definition) is 5. The summed E-state index contributed by atoms with van der Waals surface area (Å²) in [5.41, 5.74) is 2.34. The van der Waals surface area contributed by atoms with Crippen LogP contribution in [0.2, 0.25) is 0 Å². The highest BCUT2D eigenvalue weighted by atomic mass is 16.6. The summed E-state index contributed by atoms with van der Waals surface area (Å²) in [7, 11) is 0. The van der Waals surface area contributed by atoms with E-state index in [1.54, 1.807) is 24.8 Å². The van der Waals surface area contributed by atoms with Crippen LogP contribution in [-0.4, -0.2) is 15.0 Å². The van der Waals surface area contributed by atoms with Gasteiger partial charge in [0, 0.05) is 30.4 Å². The zero-order valence-electron chi connectivity index (χ0n) is 12.4. The van der Waals surface area contributed by atoms with Crippen LogP contribution in [0.25, 0.3) is 22.1 Å². The van der Waals surface area contributed by atoms with Gasteiger partial charge in [-0.3, -0.25) is 4.98 Å². The van der Waals surface area contributed by atoms with Gasteiger partial charge in [0.05, 0.1) is 10.9 Å². The number of rotatable bonds is 3. The average Bonchev–Trinajstić information content (AvgIpc) is 2.94. The average molecular weight is 303 g/mol. The minimum atomic E-state index is 0.409. The molecule has 0 atom stereocenters.